The minimum absolute atomic E-state index is 0.323. The van der Waals surface area contributed by atoms with E-state index >= 15 is 0 Å². The van der Waals surface area contributed by atoms with Gasteiger partial charge in [-0.15, -0.1) is 17.7 Å². The molecule has 0 aromatic heterocycles. The Morgan fingerprint density at radius 2 is 1.52 bits per heavy atom. The topological polar surface area (TPSA) is 66.4 Å². The third kappa shape index (κ3) is 17.9. The second-order valence-corrected chi connectivity index (χ2v) is 8.49. The van der Waals surface area contributed by atoms with E-state index in [2.05, 4.69) is 63.1 Å². The highest BCUT2D eigenvalue weighted by molar-refractivity contribution is 7.99. The number of rotatable bonds is 13. The number of aliphatic carboxylic acids is 1. The molecule has 0 rings (SSSR count). The third-order valence-corrected chi connectivity index (χ3v) is 5.06. The summed E-state index contributed by atoms with van der Waals surface area (Å²) in [5.74, 6) is 5.73. The van der Waals surface area contributed by atoms with Gasteiger partial charge in [0, 0.05) is 19.1 Å². The fraction of sp³-hybridized carbons (Fsp3) is 0.583. The zero-order valence-electron chi connectivity index (χ0n) is 18.6. The van der Waals surface area contributed by atoms with Crippen LogP contribution in [0.1, 0.15) is 73.1 Å². The number of nitrogens with one attached hydrogen (secondary N) is 1. The van der Waals surface area contributed by atoms with Crippen LogP contribution in [0.5, 0.6) is 0 Å². The van der Waals surface area contributed by atoms with Crippen molar-refractivity contribution in [2.45, 2.75) is 79.2 Å². The molecule has 0 heterocycles. The summed E-state index contributed by atoms with van der Waals surface area (Å²) >= 11 is 1.42. The van der Waals surface area contributed by atoms with Crippen LogP contribution in [0.3, 0.4) is 0 Å². The minimum Gasteiger partial charge on any atom is -0.480 e. The molecule has 0 radical (unpaired) electrons. The maximum absolute atomic E-state index is 11.0. The van der Waals surface area contributed by atoms with E-state index in [1.54, 1.807) is 0 Å². The van der Waals surface area contributed by atoms with Gasteiger partial charge in [0.1, 0.15) is 6.04 Å². The van der Waals surface area contributed by atoms with Crippen molar-refractivity contribution in [2.24, 2.45) is 0 Å². The Labute approximate surface area is 181 Å². The highest BCUT2D eigenvalue weighted by Crippen LogP contribution is 2.12. The zero-order valence-corrected chi connectivity index (χ0v) is 19.5. The van der Waals surface area contributed by atoms with Gasteiger partial charge in [-0.25, -0.2) is 4.79 Å². The standard InChI is InChI=1S/C24H37NO3S/c1-19(2)12-10-14-21(4)16-11-15-20(3)13-8-6-7-9-17-29-18-23(24(27)28)25-22(5)26/h12-13,16,23H,6,8,10-11,14-15,17-18H2,1-5H3,(H,25,26)(H,27,28)/t23-/m0/s1. The van der Waals surface area contributed by atoms with Crippen molar-refractivity contribution >= 4 is 23.6 Å². The summed E-state index contributed by atoms with van der Waals surface area (Å²) in [7, 11) is 0. The molecule has 2 N–H and O–H groups in total. The van der Waals surface area contributed by atoms with Crippen molar-refractivity contribution < 1.29 is 14.7 Å². The number of amides is 1. The van der Waals surface area contributed by atoms with Crippen molar-refractivity contribution in [1.29, 1.82) is 0 Å². The molecule has 162 valence electrons. The Hall–Kier alpha value is -1.93. The molecular weight excluding hydrogens is 382 g/mol. The van der Waals surface area contributed by atoms with E-state index in [9.17, 15) is 9.59 Å². The number of hydrogen-bond donors (Lipinski definition) is 2. The molecular formula is C24H37NO3S. The molecule has 0 aromatic rings. The van der Waals surface area contributed by atoms with Crippen LogP contribution in [0.25, 0.3) is 0 Å². The second-order valence-electron chi connectivity index (χ2n) is 7.46. The van der Waals surface area contributed by atoms with Crippen LogP contribution in [0.2, 0.25) is 0 Å². The van der Waals surface area contributed by atoms with Gasteiger partial charge < -0.3 is 10.4 Å². The summed E-state index contributed by atoms with van der Waals surface area (Å²) < 4.78 is 0. The normalized spacial score (nSPS) is 12.6. The van der Waals surface area contributed by atoms with Crippen LogP contribution >= 0.6 is 11.8 Å². The Bertz CT molecular complexity index is 661. The molecule has 0 unspecified atom stereocenters. The lowest BCUT2D eigenvalue weighted by atomic mass is 10.1. The molecule has 0 aliphatic heterocycles. The van der Waals surface area contributed by atoms with Crippen LogP contribution < -0.4 is 5.32 Å². The molecule has 1 amide bonds. The molecule has 0 saturated heterocycles. The van der Waals surface area contributed by atoms with E-state index in [-0.39, 0.29) is 5.91 Å². The van der Waals surface area contributed by atoms with Gasteiger partial charge in [0.2, 0.25) is 5.91 Å². The van der Waals surface area contributed by atoms with Crippen LogP contribution in [0, 0.1) is 11.8 Å². The predicted molar refractivity (Wildman–Crippen MR) is 125 cm³/mol. The first-order chi connectivity index (χ1) is 13.7. The van der Waals surface area contributed by atoms with Gasteiger partial charge in [0.05, 0.1) is 5.75 Å². The molecule has 29 heavy (non-hydrogen) atoms. The van der Waals surface area contributed by atoms with Gasteiger partial charge in [-0.05, 0) is 59.8 Å². The number of carboxylic acids is 1. The number of carboxylic acid groups (broad SMARTS) is 1. The van der Waals surface area contributed by atoms with Crippen LogP contribution in [-0.4, -0.2) is 34.5 Å². The van der Waals surface area contributed by atoms with Gasteiger partial charge in [-0.3, -0.25) is 4.79 Å². The fourth-order valence-corrected chi connectivity index (χ4v) is 3.30. The predicted octanol–water partition coefficient (Wildman–Crippen LogP) is 5.51. The quantitative estimate of drug-likeness (QED) is 0.235. The summed E-state index contributed by atoms with van der Waals surface area (Å²) in [6.07, 6.45) is 13.1. The number of thioether (sulfide) groups is 1. The van der Waals surface area contributed by atoms with E-state index in [0.717, 1.165) is 38.5 Å². The maximum Gasteiger partial charge on any atom is 0.327 e. The molecule has 0 bridgehead atoms. The lowest BCUT2D eigenvalue weighted by Gasteiger charge is -2.11. The number of allylic oxidation sites excluding steroid dienone is 6. The fourth-order valence-electron chi connectivity index (χ4n) is 2.52. The maximum atomic E-state index is 11.0. The molecule has 1 atom stereocenters. The summed E-state index contributed by atoms with van der Waals surface area (Å²) in [5.41, 5.74) is 4.24. The van der Waals surface area contributed by atoms with Gasteiger partial charge in [-0.1, -0.05) is 40.9 Å². The van der Waals surface area contributed by atoms with Crippen LogP contribution in [-0.2, 0) is 9.59 Å². The highest BCUT2D eigenvalue weighted by atomic mass is 32.2. The highest BCUT2D eigenvalue weighted by Gasteiger charge is 2.17. The van der Waals surface area contributed by atoms with Crippen molar-refractivity contribution in [3.8, 4) is 11.8 Å². The summed E-state index contributed by atoms with van der Waals surface area (Å²) in [6, 6.07) is -0.852. The first-order valence-electron chi connectivity index (χ1n) is 10.2. The van der Waals surface area contributed by atoms with E-state index in [1.807, 2.05) is 0 Å². The lowest BCUT2D eigenvalue weighted by molar-refractivity contribution is -0.140. The van der Waals surface area contributed by atoms with Crippen LogP contribution in [0.15, 0.2) is 34.9 Å². The molecule has 0 fully saturated rings. The van der Waals surface area contributed by atoms with E-state index in [1.165, 1.54) is 35.4 Å². The molecule has 0 aliphatic rings. The first-order valence-corrected chi connectivity index (χ1v) is 11.4. The number of unbranched alkanes of at least 4 members (excludes halogenated alkanes) is 1. The van der Waals surface area contributed by atoms with Crippen molar-refractivity contribution in [2.75, 3.05) is 11.5 Å². The molecule has 0 saturated carbocycles. The first kappa shape index (κ1) is 27.1. The average molecular weight is 420 g/mol. The van der Waals surface area contributed by atoms with E-state index in [4.69, 9.17) is 5.11 Å². The minimum atomic E-state index is -1.01. The van der Waals surface area contributed by atoms with Crippen molar-refractivity contribution in [3.63, 3.8) is 0 Å². The van der Waals surface area contributed by atoms with Gasteiger partial charge in [0.15, 0.2) is 0 Å². The third-order valence-electron chi connectivity index (χ3n) is 4.14. The van der Waals surface area contributed by atoms with Gasteiger partial charge >= 0.3 is 5.97 Å². The summed E-state index contributed by atoms with van der Waals surface area (Å²) in [5, 5.41) is 11.4. The van der Waals surface area contributed by atoms with E-state index in [0.29, 0.717) is 11.5 Å². The largest absolute Gasteiger partial charge is 0.480 e. The Kier molecular flexibility index (Phi) is 15.8. The molecule has 4 nitrogen and oxygen atoms in total. The Morgan fingerprint density at radius 1 is 0.931 bits per heavy atom. The summed E-state index contributed by atoms with van der Waals surface area (Å²) in [4.78, 5) is 22.0. The smallest absolute Gasteiger partial charge is 0.327 e. The molecule has 0 spiro atoms. The molecule has 0 aliphatic carbocycles. The van der Waals surface area contributed by atoms with Crippen molar-refractivity contribution in [3.05, 3.63) is 34.9 Å². The lowest BCUT2D eigenvalue weighted by Crippen LogP contribution is -2.41. The average Bonchev–Trinajstić information content (AvgIpc) is 2.62. The summed E-state index contributed by atoms with van der Waals surface area (Å²) in [6.45, 7) is 9.97. The van der Waals surface area contributed by atoms with Crippen molar-refractivity contribution in [1.82, 2.24) is 5.32 Å². The van der Waals surface area contributed by atoms with E-state index < -0.39 is 12.0 Å². The number of carbonyl (C=O) groups excluding carboxylic acids is 1. The monoisotopic (exact) mass is 419 g/mol. The second kappa shape index (κ2) is 17.0. The number of hydrogen-bond acceptors (Lipinski definition) is 3. The van der Waals surface area contributed by atoms with Gasteiger partial charge in [-0.2, -0.15) is 0 Å². The Morgan fingerprint density at radius 3 is 2.07 bits per heavy atom. The molecule has 5 heteroatoms. The SMILES string of the molecule is CC(=O)N[C@@H](CSCC#CCCC=C(C)CCC=C(C)CCC=C(C)C)C(=O)O. The zero-order chi connectivity index (χ0) is 22.1. The van der Waals surface area contributed by atoms with Gasteiger partial charge in [0.25, 0.3) is 0 Å². The number of carbonyl (C=O) groups is 2. The molecule has 0 aromatic carbocycles. The van der Waals surface area contributed by atoms with Crippen LogP contribution in [0.4, 0.5) is 0 Å². The Balaban J connectivity index is 3.98.